The highest BCUT2D eigenvalue weighted by Crippen LogP contribution is 2.10. The Morgan fingerprint density at radius 1 is 1.33 bits per heavy atom. The normalized spacial score (nSPS) is 11.6. The Bertz CT molecular complexity index is 398. The average molecular weight is 186 g/mol. The molecule has 0 aromatic carbocycles. The Labute approximate surface area is 71.6 Å². The third-order valence-corrected chi connectivity index (χ3v) is 2.65. The monoisotopic (exact) mass is 186 g/mol. The fourth-order valence-electron chi connectivity index (χ4n) is 0.936. The molecule has 0 aliphatic heterocycles. The molecule has 0 aliphatic carbocycles. The van der Waals surface area contributed by atoms with Crippen LogP contribution in [0.25, 0.3) is 0 Å². The van der Waals surface area contributed by atoms with E-state index in [1.54, 1.807) is 13.8 Å². The van der Waals surface area contributed by atoms with Crippen LogP contribution in [0.15, 0.2) is 11.1 Å². The topological polar surface area (TPSA) is 59.9 Å². The summed E-state index contributed by atoms with van der Waals surface area (Å²) in [5.74, 6) is 0.583. The summed E-state index contributed by atoms with van der Waals surface area (Å²) in [6, 6.07) is 0. The summed E-state index contributed by atoms with van der Waals surface area (Å²) in [6.45, 7) is 3.38. The van der Waals surface area contributed by atoms with Crippen molar-refractivity contribution in [3.63, 3.8) is 0 Å². The van der Waals surface area contributed by atoms with Gasteiger partial charge in [-0.3, -0.25) is 0 Å². The van der Waals surface area contributed by atoms with Gasteiger partial charge in [0.15, 0.2) is 9.84 Å². The van der Waals surface area contributed by atoms with Gasteiger partial charge < -0.3 is 0 Å². The number of hydrogen-bond acceptors (Lipinski definition) is 4. The van der Waals surface area contributed by atoms with Crippen molar-refractivity contribution in [2.45, 2.75) is 18.7 Å². The van der Waals surface area contributed by atoms with E-state index in [1.807, 2.05) is 0 Å². The van der Waals surface area contributed by atoms with Gasteiger partial charge in [0.1, 0.15) is 10.7 Å². The highest BCUT2D eigenvalue weighted by atomic mass is 32.2. The molecule has 0 atom stereocenters. The zero-order valence-electron chi connectivity index (χ0n) is 7.20. The smallest absolute Gasteiger partial charge is 0.178 e. The molecular weight excluding hydrogens is 176 g/mol. The highest BCUT2D eigenvalue weighted by Gasteiger charge is 2.11. The van der Waals surface area contributed by atoms with Gasteiger partial charge in [-0.2, -0.15) is 0 Å². The second-order valence-corrected chi connectivity index (χ2v) is 4.62. The van der Waals surface area contributed by atoms with E-state index >= 15 is 0 Å². The van der Waals surface area contributed by atoms with Crippen LogP contribution in [0.2, 0.25) is 0 Å². The van der Waals surface area contributed by atoms with E-state index in [4.69, 9.17) is 0 Å². The molecule has 0 bridgehead atoms. The van der Waals surface area contributed by atoms with Crippen molar-refractivity contribution < 1.29 is 8.42 Å². The Hall–Kier alpha value is -0.970. The predicted molar refractivity (Wildman–Crippen MR) is 44.6 cm³/mol. The van der Waals surface area contributed by atoms with Crippen LogP contribution in [0.3, 0.4) is 0 Å². The predicted octanol–water partition coefficient (Wildman–Crippen LogP) is 0.497. The number of nitrogens with zero attached hydrogens (tertiary/aromatic N) is 2. The molecule has 1 heterocycles. The number of sulfone groups is 1. The first-order valence-corrected chi connectivity index (χ1v) is 5.30. The molecule has 1 aromatic heterocycles. The maximum Gasteiger partial charge on any atom is 0.178 e. The van der Waals surface area contributed by atoms with Crippen molar-refractivity contribution in [3.8, 4) is 0 Å². The molecule has 12 heavy (non-hydrogen) atoms. The number of aromatic nitrogens is 2. The maximum absolute atomic E-state index is 11.1. The van der Waals surface area contributed by atoms with Gasteiger partial charge in [0, 0.05) is 12.5 Å². The average Bonchev–Trinajstić information content (AvgIpc) is 1.83. The zero-order chi connectivity index (χ0) is 9.35. The molecule has 4 nitrogen and oxygen atoms in total. The van der Waals surface area contributed by atoms with Gasteiger partial charge in [0.2, 0.25) is 0 Å². The van der Waals surface area contributed by atoms with Crippen molar-refractivity contribution in [3.05, 3.63) is 17.7 Å². The highest BCUT2D eigenvalue weighted by molar-refractivity contribution is 7.90. The molecule has 0 N–H and O–H groups in total. The molecule has 0 radical (unpaired) electrons. The Kier molecular flexibility index (Phi) is 2.14. The summed E-state index contributed by atoms with van der Waals surface area (Å²) in [7, 11) is -3.18. The van der Waals surface area contributed by atoms with Gasteiger partial charge in [-0.25, -0.2) is 18.4 Å². The summed E-state index contributed by atoms with van der Waals surface area (Å²) >= 11 is 0. The Morgan fingerprint density at radius 3 is 2.33 bits per heavy atom. The van der Waals surface area contributed by atoms with E-state index in [-0.39, 0.29) is 4.90 Å². The van der Waals surface area contributed by atoms with Gasteiger partial charge in [-0.05, 0) is 13.8 Å². The van der Waals surface area contributed by atoms with Crippen molar-refractivity contribution >= 4 is 9.84 Å². The molecule has 1 rings (SSSR count). The SMILES string of the molecule is Cc1ncc(S(C)(=O)=O)c(C)n1. The first kappa shape index (κ1) is 9.12. The molecule has 0 fully saturated rings. The number of aryl methyl sites for hydroxylation is 2. The van der Waals surface area contributed by atoms with Crippen LogP contribution >= 0.6 is 0 Å². The first-order valence-electron chi connectivity index (χ1n) is 3.41. The maximum atomic E-state index is 11.1. The van der Waals surface area contributed by atoms with Crippen LogP contribution in [0.5, 0.6) is 0 Å². The third kappa shape index (κ3) is 1.79. The van der Waals surface area contributed by atoms with Crippen LogP contribution in [0, 0.1) is 13.8 Å². The van der Waals surface area contributed by atoms with Gasteiger partial charge in [-0.1, -0.05) is 0 Å². The summed E-state index contributed by atoms with van der Waals surface area (Å²) in [5.41, 5.74) is 0.505. The summed E-state index contributed by atoms with van der Waals surface area (Å²) < 4.78 is 22.2. The fraction of sp³-hybridized carbons (Fsp3) is 0.429. The van der Waals surface area contributed by atoms with E-state index in [0.717, 1.165) is 6.26 Å². The number of rotatable bonds is 1. The van der Waals surface area contributed by atoms with Crippen molar-refractivity contribution in [2.75, 3.05) is 6.26 Å². The lowest BCUT2D eigenvalue weighted by Crippen LogP contribution is -2.04. The van der Waals surface area contributed by atoms with E-state index in [2.05, 4.69) is 9.97 Å². The summed E-state index contributed by atoms with van der Waals surface area (Å²) in [4.78, 5) is 7.97. The first-order chi connectivity index (χ1) is 5.41. The lowest BCUT2D eigenvalue weighted by atomic mass is 10.4. The minimum atomic E-state index is -3.18. The third-order valence-electron chi connectivity index (χ3n) is 1.45. The molecule has 0 saturated carbocycles. The second-order valence-electron chi connectivity index (χ2n) is 2.64. The molecule has 0 aliphatic rings. The van der Waals surface area contributed by atoms with Crippen molar-refractivity contribution in [2.24, 2.45) is 0 Å². The van der Waals surface area contributed by atoms with Crippen LogP contribution in [0.1, 0.15) is 11.5 Å². The van der Waals surface area contributed by atoms with Gasteiger partial charge >= 0.3 is 0 Å². The number of hydrogen-bond donors (Lipinski definition) is 0. The molecular formula is C7H10N2O2S. The lowest BCUT2D eigenvalue weighted by Gasteiger charge is -2.01. The van der Waals surface area contributed by atoms with Crippen LogP contribution in [-0.2, 0) is 9.84 Å². The molecule has 0 saturated heterocycles. The van der Waals surface area contributed by atoms with Crippen molar-refractivity contribution in [1.82, 2.24) is 9.97 Å². The quantitative estimate of drug-likeness (QED) is 0.640. The van der Waals surface area contributed by atoms with Crippen LogP contribution in [-0.4, -0.2) is 24.6 Å². The largest absolute Gasteiger partial charge is 0.240 e. The van der Waals surface area contributed by atoms with E-state index < -0.39 is 9.84 Å². The second kappa shape index (κ2) is 2.82. The summed E-state index contributed by atoms with van der Waals surface area (Å²) in [6.07, 6.45) is 2.49. The summed E-state index contributed by atoms with van der Waals surface area (Å²) in [5, 5.41) is 0. The molecule has 5 heteroatoms. The zero-order valence-corrected chi connectivity index (χ0v) is 8.01. The fourth-order valence-corrected chi connectivity index (χ4v) is 1.76. The molecule has 1 aromatic rings. The molecule has 0 spiro atoms. The van der Waals surface area contributed by atoms with E-state index in [0.29, 0.717) is 11.5 Å². The van der Waals surface area contributed by atoms with Gasteiger partial charge in [-0.15, -0.1) is 0 Å². The van der Waals surface area contributed by atoms with Gasteiger partial charge in [0.25, 0.3) is 0 Å². The van der Waals surface area contributed by atoms with E-state index in [1.165, 1.54) is 6.20 Å². The van der Waals surface area contributed by atoms with Gasteiger partial charge in [0.05, 0.1) is 5.69 Å². The standard InChI is InChI=1S/C7H10N2O2S/c1-5-7(12(3,10)11)4-8-6(2)9-5/h4H,1-3H3. The molecule has 66 valence electrons. The minimum Gasteiger partial charge on any atom is -0.240 e. The van der Waals surface area contributed by atoms with Crippen LogP contribution in [0.4, 0.5) is 0 Å². The molecule has 0 unspecified atom stereocenters. The van der Waals surface area contributed by atoms with Crippen molar-refractivity contribution in [1.29, 1.82) is 0 Å². The Morgan fingerprint density at radius 2 is 1.92 bits per heavy atom. The lowest BCUT2D eigenvalue weighted by molar-refractivity contribution is 0.600. The minimum absolute atomic E-state index is 0.202. The Balaban J connectivity index is 3.39. The molecule has 0 amide bonds. The van der Waals surface area contributed by atoms with Crippen LogP contribution < -0.4 is 0 Å². The van der Waals surface area contributed by atoms with E-state index in [9.17, 15) is 8.42 Å².